The summed E-state index contributed by atoms with van der Waals surface area (Å²) in [4.78, 5) is 4.53. The van der Waals surface area contributed by atoms with Crippen LogP contribution < -0.4 is 5.73 Å². The zero-order valence-corrected chi connectivity index (χ0v) is 14.2. The molecule has 120 valence electrons. The quantitative estimate of drug-likeness (QED) is 0.766. The SMILES string of the molecule is NCCc1nc2cc(Cl)c(Cl)cc2n1S(=O)(=O)c1ccccc1. The van der Waals surface area contributed by atoms with Crippen LogP contribution in [-0.2, 0) is 16.4 Å². The van der Waals surface area contributed by atoms with E-state index in [0.29, 0.717) is 28.3 Å². The van der Waals surface area contributed by atoms with Gasteiger partial charge in [0.2, 0.25) is 0 Å². The zero-order valence-electron chi connectivity index (χ0n) is 11.9. The van der Waals surface area contributed by atoms with Crippen LogP contribution in [0.4, 0.5) is 0 Å². The molecule has 0 bridgehead atoms. The largest absolute Gasteiger partial charge is 0.330 e. The first kappa shape index (κ1) is 16.3. The Labute approximate surface area is 143 Å². The Morgan fingerprint density at radius 1 is 1.09 bits per heavy atom. The van der Waals surface area contributed by atoms with E-state index >= 15 is 0 Å². The number of nitrogens with two attached hydrogens (primary N) is 1. The van der Waals surface area contributed by atoms with Gasteiger partial charge < -0.3 is 5.73 Å². The topological polar surface area (TPSA) is 78.0 Å². The first-order valence-electron chi connectivity index (χ1n) is 6.82. The maximum atomic E-state index is 13.0. The molecule has 0 fully saturated rings. The van der Waals surface area contributed by atoms with Crippen molar-refractivity contribution in [1.82, 2.24) is 8.96 Å². The van der Waals surface area contributed by atoms with E-state index in [1.165, 1.54) is 22.2 Å². The molecule has 2 N–H and O–H groups in total. The summed E-state index contributed by atoms with van der Waals surface area (Å²) in [5.41, 5.74) is 6.43. The Balaban J connectivity index is 2.35. The summed E-state index contributed by atoms with van der Waals surface area (Å²) in [5, 5.41) is 0.586. The van der Waals surface area contributed by atoms with Gasteiger partial charge in [-0.3, -0.25) is 0 Å². The van der Waals surface area contributed by atoms with Crippen LogP contribution in [0, 0.1) is 0 Å². The molecule has 0 unspecified atom stereocenters. The lowest BCUT2D eigenvalue weighted by molar-refractivity contribution is 0.586. The van der Waals surface area contributed by atoms with E-state index in [9.17, 15) is 8.42 Å². The van der Waals surface area contributed by atoms with E-state index in [4.69, 9.17) is 28.9 Å². The molecule has 1 aromatic heterocycles. The number of benzene rings is 2. The van der Waals surface area contributed by atoms with Crippen molar-refractivity contribution in [3.05, 3.63) is 58.3 Å². The molecule has 3 rings (SSSR count). The van der Waals surface area contributed by atoms with Crippen LogP contribution >= 0.6 is 23.2 Å². The van der Waals surface area contributed by atoms with Gasteiger partial charge in [0.15, 0.2) is 0 Å². The molecule has 2 aromatic carbocycles. The second kappa shape index (κ2) is 6.13. The van der Waals surface area contributed by atoms with Crippen LogP contribution in [0.25, 0.3) is 11.0 Å². The number of nitrogens with zero attached hydrogens (tertiary/aromatic N) is 2. The minimum absolute atomic E-state index is 0.170. The zero-order chi connectivity index (χ0) is 16.6. The molecule has 0 spiro atoms. The lowest BCUT2D eigenvalue weighted by Gasteiger charge is -2.10. The monoisotopic (exact) mass is 369 g/mol. The lowest BCUT2D eigenvalue weighted by Crippen LogP contribution is -2.18. The minimum Gasteiger partial charge on any atom is -0.330 e. The third-order valence-electron chi connectivity index (χ3n) is 3.37. The van der Waals surface area contributed by atoms with Gasteiger partial charge in [-0.2, -0.15) is 0 Å². The first-order chi connectivity index (χ1) is 10.9. The number of aromatic nitrogens is 2. The predicted molar refractivity (Wildman–Crippen MR) is 91.5 cm³/mol. The summed E-state index contributed by atoms with van der Waals surface area (Å²) in [7, 11) is -3.81. The normalized spacial score (nSPS) is 12.0. The smallest absolute Gasteiger partial charge is 0.269 e. The maximum Gasteiger partial charge on any atom is 0.269 e. The standard InChI is InChI=1S/C15H13Cl2N3O2S/c16-11-8-13-14(9-12(11)17)20(15(19-13)6-7-18)23(21,22)10-4-2-1-3-5-10/h1-5,8-9H,6-7,18H2. The molecule has 0 saturated heterocycles. The Morgan fingerprint density at radius 3 is 2.39 bits per heavy atom. The van der Waals surface area contributed by atoms with Gasteiger partial charge in [0.05, 0.1) is 26.0 Å². The molecule has 0 radical (unpaired) electrons. The molecule has 8 heteroatoms. The fraction of sp³-hybridized carbons (Fsp3) is 0.133. The minimum atomic E-state index is -3.81. The van der Waals surface area contributed by atoms with Gasteiger partial charge in [0.25, 0.3) is 10.0 Å². The summed E-state index contributed by atoms with van der Waals surface area (Å²) in [6, 6.07) is 11.2. The van der Waals surface area contributed by atoms with Gasteiger partial charge >= 0.3 is 0 Å². The van der Waals surface area contributed by atoms with Gasteiger partial charge in [0.1, 0.15) is 5.82 Å². The van der Waals surface area contributed by atoms with Gasteiger partial charge in [-0.25, -0.2) is 17.4 Å². The molecule has 0 aliphatic rings. The molecule has 5 nitrogen and oxygen atoms in total. The molecule has 1 heterocycles. The fourth-order valence-electron chi connectivity index (χ4n) is 2.35. The highest BCUT2D eigenvalue weighted by Crippen LogP contribution is 2.30. The Morgan fingerprint density at radius 2 is 1.74 bits per heavy atom. The number of hydrogen-bond donors (Lipinski definition) is 1. The number of hydrogen-bond acceptors (Lipinski definition) is 4. The summed E-state index contributed by atoms with van der Waals surface area (Å²) in [6.07, 6.45) is 0.315. The summed E-state index contributed by atoms with van der Waals surface area (Å²) in [5.74, 6) is 0.352. The van der Waals surface area contributed by atoms with E-state index in [1.54, 1.807) is 24.3 Å². The molecule has 0 aliphatic carbocycles. The van der Waals surface area contributed by atoms with Gasteiger partial charge in [0, 0.05) is 6.42 Å². The van der Waals surface area contributed by atoms with Crippen molar-refractivity contribution in [3.8, 4) is 0 Å². The highest BCUT2D eigenvalue weighted by Gasteiger charge is 2.24. The average Bonchev–Trinajstić information content (AvgIpc) is 2.87. The molecule has 0 saturated carbocycles. The van der Waals surface area contributed by atoms with Crippen LogP contribution in [0.1, 0.15) is 5.82 Å². The number of imidazole rings is 1. The van der Waals surface area contributed by atoms with E-state index in [-0.39, 0.29) is 16.5 Å². The lowest BCUT2D eigenvalue weighted by atomic mass is 10.3. The fourth-order valence-corrected chi connectivity index (χ4v) is 4.20. The van der Waals surface area contributed by atoms with Crippen molar-refractivity contribution in [2.45, 2.75) is 11.3 Å². The Hall–Kier alpha value is -1.60. The van der Waals surface area contributed by atoms with E-state index < -0.39 is 10.0 Å². The van der Waals surface area contributed by atoms with Crippen LogP contribution in [-0.4, -0.2) is 23.9 Å². The van der Waals surface area contributed by atoms with Crippen molar-refractivity contribution in [2.24, 2.45) is 5.73 Å². The highest BCUT2D eigenvalue weighted by molar-refractivity contribution is 7.90. The van der Waals surface area contributed by atoms with Crippen molar-refractivity contribution < 1.29 is 8.42 Å². The third kappa shape index (κ3) is 2.83. The van der Waals surface area contributed by atoms with Crippen molar-refractivity contribution in [2.75, 3.05) is 6.54 Å². The summed E-state index contributed by atoms with van der Waals surface area (Å²) >= 11 is 12.1. The van der Waals surface area contributed by atoms with E-state index in [2.05, 4.69) is 4.98 Å². The van der Waals surface area contributed by atoms with Crippen LogP contribution in [0.3, 0.4) is 0 Å². The van der Waals surface area contributed by atoms with Crippen molar-refractivity contribution >= 4 is 44.3 Å². The van der Waals surface area contributed by atoms with Crippen LogP contribution in [0.5, 0.6) is 0 Å². The van der Waals surface area contributed by atoms with Gasteiger partial charge in [-0.1, -0.05) is 41.4 Å². The second-order valence-electron chi connectivity index (χ2n) is 4.90. The number of fused-ring (bicyclic) bond motifs is 1. The third-order valence-corrected chi connectivity index (χ3v) is 5.85. The molecule has 3 aromatic rings. The maximum absolute atomic E-state index is 13.0. The highest BCUT2D eigenvalue weighted by atomic mass is 35.5. The summed E-state index contributed by atoms with van der Waals surface area (Å²) in [6.45, 7) is 0.273. The second-order valence-corrected chi connectivity index (χ2v) is 7.51. The molecule has 0 aliphatic heterocycles. The first-order valence-corrected chi connectivity index (χ1v) is 9.02. The Bertz CT molecular complexity index is 969. The predicted octanol–water partition coefficient (Wildman–Crippen LogP) is 3.08. The molecular formula is C15H13Cl2N3O2S. The molecular weight excluding hydrogens is 357 g/mol. The van der Waals surface area contributed by atoms with Crippen molar-refractivity contribution in [3.63, 3.8) is 0 Å². The van der Waals surface area contributed by atoms with Crippen molar-refractivity contribution in [1.29, 1.82) is 0 Å². The Kier molecular flexibility index (Phi) is 4.33. The van der Waals surface area contributed by atoms with Gasteiger partial charge in [-0.05, 0) is 30.8 Å². The number of rotatable bonds is 4. The number of halogens is 2. The van der Waals surface area contributed by atoms with Crippen LogP contribution in [0.2, 0.25) is 10.0 Å². The molecule has 23 heavy (non-hydrogen) atoms. The van der Waals surface area contributed by atoms with E-state index in [1.807, 2.05) is 0 Å². The van der Waals surface area contributed by atoms with Gasteiger partial charge in [-0.15, -0.1) is 0 Å². The molecule has 0 atom stereocenters. The van der Waals surface area contributed by atoms with E-state index in [0.717, 1.165) is 0 Å². The summed E-state index contributed by atoms with van der Waals surface area (Å²) < 4.78 is 27.2. The average molecular weight is 370 g/mol. The van der Waals surface area contributed by atoms with Crippen LogP contribution in [0.15, 0.2) is 47.4 Å². The molecule has 0 amide bonds.